The average Bonchev–Trinajstić information content (AvgIpc) is 3.11. The molecule has 2 N–H and O–H groups in total. The molecule has 1 unspecified atom stereocenters. The van der Waals surface area contributed by atoms with Gasteiger partial charge in [0.05, 0.1) is 5.69 Å². The van der Waals surface area contributed by atoms with E-state index in [1.807, 2.05) is 25.9 Å². The summed E-state index contributed by atoms with van der Waals surface area (Å²) < 4.78 is 0. The van der Waals surface area contributed by atoms with Crippen LogP contribution in [0.1, 0.15) is 34.6 Å². The molecule has 1 heterocycles. The molecule has 0 spiro atoms. The first-order valence-electron chi connectivity index (χ1n) is 6.59. The lowest BCUT2D eigenvalue weighted by Gasteiger charge is -2.16. The molecule has 6 heteroatoms. The summed E-state index contributed by atoms with van der Waals surface area (Å²) in [6.07, 6.45) is 2.93. The van der Waals surface area contributed by atoms with E-state index in [0.29, 0.717) is 17.2 Å². The molecule has 1 amide bonds. The Labute approximate surface area is 117 Å². The Kier molecular flexibility index (Phi) is 4.42. The Morgan fingerprint density at radius 2 is 2.26 bits per heavy atom. The van der Waals surface area contributed by atoms with Crippen molar-refractivity contribution in [2.75, 3.05) is 25.6 Å². The van der Waals surface area contributed by atoms with E-state index in [2.05, 4.69) is 10.3 Å². The highest BCUT2D eigenvalue weighted by atomic mass is 32.1. The van der Waals surface area contributed by atoms with E-state index in [-0.39, 0.29) is 18.6 Å². The number of anilines is 1. The van der Waals surface area contributed by atoms with Crippen LogP contribution in [0.4, 0.5) is 5.13 Å². The molecule has 2 rings (SSSR count). The van der Waals surface area contributed by atoms with Gasteiger partial charge in [0.25, 0.3) is 5.91 Å². The molecular formula is C13H21N3O2S. The largest absolute Gasteiger partial charge is 0.396 e. The molecule has 19 heavy (non-hydrogen) atoms. The standard InChI is InChI=1S/C13H21N3O2S/c1-8-11(19-13(14-8)16(2)3)12(18)15-10(6-7-17)9-4-5-9/h9-10,17H,4-7H2,1-3H3,(H,15,18). The van der Waals surface area contributed by atoms with Gasteiger partial charge in [-0.2, -0.15) is 0 Å². The van der Waals surface area contributed by atoms with Crippen LogP contribution in [0.15, 0.2) is 0 Å². The summed E-state index contributed by atoms with van der Waals surface area (Å²) in [7, 11) is 3.83. The lowest BCUT2D eigenvalue weighted by molar-refractivity contribution is 0.0927. The van der Waals surface area contributed by atoms with Gasteiger partial charge in [0.15, 0.2) is 5.13 Å². The molecule has 1 aromatic heterocycles. The highest BCUT2D eigenvalue weighted by molar-refractivity contribution is 7.17. The average molecular weight is 283 g/mol. The predicted octanol–water partition coefficient (Wildman–Crippen LogP) is 1.41. The third-order valence-electron chi connectivity index (χ3n) is 3.32. The quantitative estimate of drug-likeness (QED) is 0.828. The van der Waals surface area contributed by atoms with Crippen molar-refractivity contribution in [3.05, 3.63) is 10.6 Å². The minimum Gasteiger partial charge on any atom is -0.396 e. The fraction of sp³-hybridized carbons (Fsp3) is 0.692. The number of amides is 1. The highest BCUT2D eigenvalue weighted by Gasteiger charge is 2.32. The highest BCUT2D eigenvalue weighted by Crippen LogP contribution is 2.34. The molecular weight excluding hydrogens is 262 g/mol. The molecule has 1 atom stereocenters. The maximum Gasteiger partial charge on any atom is 0.263 e. The topological polar surface area (TPSA) is 65.5 Å². The van der Waals surface area contributed by atoms with Crippen molar-refractivity contribution >= 4 is 22.4 Å². The first-order chi connectivity index (χ1) is 9.02. The van der Waals surface area contributed by atoms with Gasteiger partial charge < -0.3 is 15.3 Å². The van der Waals surface area contributed by atoms with Crippen LogP contribution in [0.25, 0.3) is 0 Å². The Morgan fingerprint density at radius 1 is 1.58 bits per heavy atom. The summed E-state index contributed by atoms with van der Waals surface area (Å²) in [6.45, 7) is 1.97. The number of aryl methyl sites for hydroxylation is 1. The summed E-state index contributed by atoms with van der Waals surface area (Å²) >= 11 is 1.41. The number of carbonyl (C=O) groups excluding carboxylic acids is 1. The van der Waals surface area contributed by atoms with Crippen LogP contribution in [-0.4, -0.2) is 42.7 Å². The van der Waals surface area contributed by atoms with E-state index >= 15 is 0 Å². The third-order valence-corrected chi connectivity index (χ3v) is 4.65. The van der Waals surface area contributed by atoms with Crippen molar-refractivity contribution in [2.24, 2.45) is 5.92 Å². The van der Waals surface area contributed by atoms with E-state index in [0.717, 1.165) is 23.7 Å². The normalized spacial score (nSPS) is 16.2. The van der Waals surface area contributed by atoms with Gasteiger partial charge in [-0.1, -0.05) is 11.3 Å². The van der Waals surface area contributed by atoms with Crippen LogP contribution in [0.2, 0.25) is 0 Å². The number of nitrogens with one attached hydrogen (secondary N) is 1. The molecule has 0 aromatic carbocycles. The SMILES string of the molecule is Cc1nc(N(C)C)sc1C(=O)NC(CCO)C1CC1. The van der Waals surface area contributed by atoms with Gasteiger partial charge in [-0.25, -0.2) is 4.98 Å². The van der Waals surface area contributed by atoms with Crippen molar-refractivity contribution in [3.63, 3.8) is 0 Å². The van der Waals surface area contributed by atoms with Gasteiger partial charge in [0.1, 0.15) is 4.88 Å². The monoisotopic (exact) mass is 283 g/mol. The van der Waals surface area contributed by atoms with E-state index in [1.54, 1.807) is 0 Å². The second-order valence-corrected chi connectivity index (χ2v) is 6.21. The van der Waals surface area contributed by atoms with Crippen molar-refractivity contribution < 1.29 is 9.90 Å². The fourth-order valence-electron chi connectivity index (χ4n) is 2.08. The molecule has 0 radical (unpaired) electrons. The number of aliphatic hydroxyl groups excluding tert-OH is 1. The maximum atomic E-state index is 12.3. The minimum absolute atomic E-state index is 0.0616. The Hall–Kier alpha value is -1.14. The molecule has 0 bridgehead atoms. The van der Waals surface area contributed by atoms with Gasteiger partial charge in [-0.3, -0.25) is 4.79 Å². The zero-order chi connectivity index (χ0) is 14.0. The number of aliphatic hydroxyl groups is 1. The number of rotatable bonds is 6. The van der Waals surface area contributed by atoms with Crippen LogP contribution < -0.4 is 10.2 Å². The number of hydrogen-bond acceptors (Lipinski definition) is 5. The Morgan fingerprint density at radius 3 is 2.74 bits per heavy atom. The van der Waals surface area contributed by atoms with E-state index in [1.165, 1.54) is 11.3 Å². The fourth-order valence-corrected chi connectivity index (χ4v) is 2.97. The summed E-state index contributed by atoms with van der Waals surface area (Å²) in [6, 6.07) is 0.0989. The van der Waals surface area contributed by atoms with Crippen LogP contribution >= 0.6 is 11.3 Å². The zero-order valence-electron chi connectivity index (χ0n) is 11.6. The smallest absolute Gasteiger partial charge is 0.263 e. The lowest BCUT2D eigenvalue weighted by Crippen LogP contribution is -2.37. The van der Waals surface area contributed by atoms with Gasteiger partial charge in [0, 0.05) is 26.7 Å². The van der Waals surface area contributed by atoms with Crippen molar-refractivity contribution in [2.45, 2.75) is 32.2 Å². The van der Waals surface area contributed by atoms with Gasteiger partial charge in [0.2, 0.25) is 0 Å². The van der Waals surface area contributed by atoms with Crippen molar-refractivity contribution in [1.82, 2.24) is 10.3 Å². The van der Waals surface area contributed by atoms with Gasteiger partial charge in [-0.15, -0.1) is 0 Å². The van der Waals surface area contributed by atoms with Gasteiger partial charge >= 0.3 is 0 Å². The number of hydrogen-bond donors (Lipinski definition) is 2. The number of aromatic nitrogens is 1. The van der Waals surface area contributed by atoms with Crippen LogP contribution in [0, 0.1) is 12.8 Å². The molecule has 1 saturated carbocycles. The summed E-state index contributed by atoms with van der Waals surface area (Å²) in [4.78, 5) is 19.2. The first-order valence-corrected chi connectivity index (χ1v) is 7.41. The molecule has 106 valence electrons. The van der Waals surface area contributed by atoms with Crippen LogP contribution in [-0.2, 0) is 0 Å². The molecule has 1 aliphatic carbocycles. The Balaban J connectivity index is 2.06. The number of nitrogens with zero attached hydrogens (tertiary/aromatic N) is 2. The molecule has 1 aromatic rings. The van der Waals surface area contributed by atoms with Crippen molar-refractivity contribution in [3.8, 4) is 0 Å². The molecule has 1 aliphatic rings. The van der Waals surface area contributed by atoms with E-state index in [9.17, 15) is 4.79 Å². The van der Waals surface area contributed by atoms with Gasteiger partial charge in [-0.05, 0) is 32.1 Å². The Bertz CT molecular complexity index is 455. The number of thiazole rings is 1. The van der Waals surface area contributed by atoms with Crippen molar-refractivity contribution in [1.29, 1.82) is 0 Å². The molecule has 5 nitrogen and oxygen atoms in total. The molecule has 1 fully saturated rings. The first kappa shape index (κ1) is 14.3. The minimum atomic E-state index is -0.0616. The van der Waals surface area contributed by atoms with Crippen LogP contribution in [0.3, 0.4) is 0 Å². The number of carbonyl (C=O) groups is 1. The van der Waals surface area contributed by atoms with E-state index < -0.39 is 0 Å². The third kappa shape index (κ3) is 3.45. The predicted molar refractivity (Wildman–Crippen MR) is 76.9 cm³/mol. The molecule has 0 saturated heterocycles. The zero-order valence-corrected chi connectivity index (χ0v) is 12.5. The summed E-state index contributed by atoms with van der Waals surface area (Å²) in [5.41, 5.74) is 0.768. The lowest BCUT2D eigenvalue weighted by atomic mass is 10.1. The molecule has 0 aliphatic heterocycles. The maximum absolute atomic E-state index is 12.3. The van der Waals surface area contributed by atoms with Crippen LogP contribution in [0.5, 0.6) is 0 Å². The summed E-state index contributed by atoms with van der Waals surface area (Å²) in [5, 5.41) is 12.9. The summed E-state index contributed by atoms with van der Waals surface area (Å²) in [5.74, 6) is 0.478. The second kappa shape index (κ2) is 5.88. The second-order valence-electron chi connectivity index (χ2n) is 5.24. The van der Waals surface area contributed by atoms with E-state index in [4.69, 9.17) is 5.11 Å².